The predicted octanol–water partition coefficient (Wildman–Crippen LogP) is 4.92. The molecule has 1 atom stereocenters. The number of nitrogens with zero attached hydrogens (tertiary/aromatic N) is 1. The van der Waals surface area contributed by atoms with Crippen LogP contribution in [-0.4, -0.2) is 25.2 Å². The fourth-order valence-electron chi connectivity index (χ4n) is 3.14. The van der Waals surface area contributed by atoms with Gasteiger partial charge in [-0.15, -0.1) is 0 Å². The van der Waals surface area contributed by atoms with Crippen molar-refractivity contribution in [2.75, 3.05) is 18.1 Å². The van der Waals surface area contributed by atoms with Gasteiger partial charge in [-0.2, -0.15) is 13.2 Å². The number of para-hydroxylation sites is 1. The third-order valence-corrected chi connectivity index (χ3v) is 4.52. The average molecular weight is 363 g/mol. The van der Waals surface area contributed by atoms with Crippen molar-refractivity contribution in [3.63, 3.8) is 0 Å². The van der Waals surface area contributed by atoms with E-state index in [4.69, 9.17) is 0 Å². The van der Waals surface area contributed by atoms with E-state index in [9.17, 15) is 18.0 Å². The van der Waals surface area contributed by atoms with Crippen LogP contribution in [0.25, 0.3) is 0 Å². The zero-order valence-corrected chi connectivity index (χ0v) is 14.4. The molecule has 138 valence electrons. The molecular formula is C20H20F3NO2. The second kappa shape index (κ2) is 7.50. The summed E-state index contributed by atoms with van der Waals surface area (Å²) < 4.78 is 41.0. The van der Waals surface area contributed by atoms with Crippen LogP contribution in [0.4, 0.5) is 18.9 Å². The number of anilines is 1. The average Bonchev–Trinajstić information content (AvgIpc) is 2.61. The first-order valence-electron chi connectivity index (χ1n) is 8.49. The van der Waals surface area contributed by atoms with E-state index in [2.05, 4.69) is 11.7 Å². The Morgan fingerprint density at radius 3 is 2.54 bits per heavy atom. The highest BCUT2D eigenvalue weighted by Crippen LogP contribution is 2.35. The van der Waals surface area contributed by atoms with E-state index in [1.165, 1.54) is 0 Å². The van der Waals surface area contributed by atoms with Crippen LogP contribution < -0.4 is 4.90 Å². The van der Waals surface area contributed by atoms with E-state index in [0.29, 0.717) is 23.6 Å². The lowest BCUT2D eigenvalue weighted by molar-refractivity contribution is -0.176. The van der Waals surface area contributed by atoms with Gasteiger partial charge in [-0.05, 0) is 41.7 Å². The molecule has 1 amide bonds. The Kier molecular flexibility index (Phi) is 5.32. The van der Waals surface area contributed by atoms with Gasteiger partial charge in [0.15, 0.2) is 0 Å². The second-order valence-corrected chi connectivity index (χ2v) is 6.51. The number of benzene rings is 2. The molecule has 0 saturated carbocycles. The second-order valence-electron chi connectivity index (χ2n) is 6.51. The van der Waals surface area contributed by atoms with Crippen molar-refractivity contribution in [2.45, 2.75) is 32.0 Å². The summed E-state index contributed by atoms with van der Waals surface area (Å²) >= 11 is 0. The molecule has 0 N–H and O–H groups in total. The Morgan fingerprint density at radius 2 is 1.85 bits per heavy atom. The van der Waals surface area contributed by atoms with Crippen LogP contribution >= 0.6 is 0 Å². The highest BCUT2D eigenvalue weighted by Gasteiger charge is 2.28. The van der Waals surface area contributed by atoms with Crippen LogP contribution in [-0.2, 0) is 11.3 Å². The molecule has 0 radical (unpaired) electrons. The fraction of sp³-hybridized carbons (Fsp3) is 0.350. The molecule has 0 aromatic heterocycles. The van der Waals surface area contributed by atoms with Gasteiger partial charge in [-0.25, -0.2) is 0 Å². The van der Waals surface area contributed by atoms with Gasteiger partial charge >= 0.3 is 6.18 Å². The summed E-state index contributed by atoms with van der Waals surface area (Å²) in [6.45, 7) is 1.37. The van der Waals surface area contributed by atoms with E-state index in [1.54, 1.807) is 29.2 Å². The Bertz CT molecular complexity index is 771. The van der Waals surface area contributed by atoms with Crippen LogP contribution in [0.2, 0.25) is 0 Å². The fourth-order valence-corrected chi connectivity index (χ4v) is 3.14. The number of carbonyl (C=O) groups excluding carboxylic acids is 1. The standard InChI is InChI=1S/C20H20F3NO2/c1-14-10-11-24(18-5-3-2-4-17(14)18)19(25)16-8-6-15(7-9-16)12-26-13-20(21,22)23/h2-9,14H,10-13H2,1H3. The van der Waals surface area contributed by atoms with Crippen molar-refractivity contribution in [1.29, 1.82) is 0 Å². The summed E-state index contributed by atoms with van der Waals surface area (Å²) in [5, 5.41) is 0. The molecule has 3 rings (SSSR count). The first-order valence-corrected chi connectivity index (χ1v) is 8.49. The first kappa shape index (κ1) is 18.5. The molecule has 6 heteroatoms. The number of carbonyl (C=O) groups is 1. The number of hydrogen-bond acceptors (Lipinski definition) is 2. The highest BCUT2D eigenvalue weighted by molar-refractivity contribution is 6.06. The van der Waals surface area contributed by atoms with Crippen LogP contribution in [0.15, 0.2) is 48.5 Å². The van der Waals surface area contributed by atoms with E-state index in [-0.39, 0.29) is 12.5 Å². The van der Waals surface area contributed by atoms with Gasteiger partial charge in [-0.1, -0.05) is 37.3 Å². The van der Waals surface area contributed by atoms with E-state index >= 15 is 0 Å². The molecule has 1 heterocycles. The molecule has 3 nitrogen and oxygen atoms in total. The minimum Gasteiger partial charge on any atom is -0.367 e. The molecule has 2 aromatic rings. The lowest BCUT2D eigenvalue weighted by Gasteiger charge is -2.33. The van der Waals surface area contributed by atoms with Crippen LogP contribution in [0.3, 0.4) is 0 Å². The van der Waals surface area contributed by atoms with Gasteiger partial charge in [0.2, 0.25) is 0 Å². The Balaban J connectivity index is 1.70. The van der Waals surface area contributed by atoms with Crippen LogP contribution in [0.1, 0.15) is 40.7 Å². The van der Waals surface area contributed by atoms with Gasteiger partial charge in [0, 0.05) is 17.8 Å². The van der Waals surface area contributed by atoms with Crippen molar-refractivity contribution >= 4 is 11.6 Å². The molecule has 1 aliphatic rings. The molecule has 1 unspecified atom stereocenters. The zero-order chi connectivity index (χ0) is 18.7. The van der Waals surface area contributed by atoms with Crippen molar-refractivity contribution in [2.24, 2.45) is 0 Å². The largest absolute Gasteiger partial charge is 0.411 e. The van der Waals surface area contributed by atoms with Crippen LogP contribution in [0, 0.1) is 0 Å². The van der Waals surface area contributed by atoms with E-state index < -0.39 is 12.8 Å². The monoisotopic (exact) mass is 363 g/mol. The van der Waals surface area contributed by atoms with Crippen LogP contribution in [0.5, 0.6) is 0 Å². The Hall–Kier alpha value is -2.34. The number of halogens is 3. The van der Waals surface area contributed by atoms with Gasteiger partial charge < -0.3 is 9.64 Å². The number of amides is 1. The topological polar surface area (TPSA) is 29.5 Å². The number of fused-ring (bicyclic) bond motifs is 1. The number of rotatable bonds is 4. The minimum atomic E-state index is -4.34. The van der Waals surface area contributed by atoms with Gasteiger partial charge in [0.25, 0.3) is 5.91 Å². The molecule has 0 spiro atoms. The number of alkyl halides is 3. The Morgan fingerprint density at radius 1 is 1.15 bits per heavy atom. The molecular weight excluding hydrogens is 343 g/mol. The van der Waals surface area contributed by atoms with Crippen molar-refractivity contribution in [1.82, 2.24) is 0 Å². The summed E-state index contributed by atoms with van der Waals surface area (Å²) in [4.78, 5) is 14.6. The van der Waals surface area contributed by atoms with E-state index in [0.717, 1.165) is 17.7 Å². The molecule has 0 aliphatic carbocycles. The normalized spacial score (nSPS) is 17.1. The van der Waals surface area contributed by atoms with Crippen molar-refractivity contribution in [3.8, 4) is 0 Å². The van der Waals surface area contributed by atoms with Crippen molar-refractivity contribution < 1.29 is 22.7 Å². The van der Waals surface area contributed by atoms with Crippen molar-refractivity contribution in [3.05, 3.63) is 65.2 Å². The summed E-state index contributed by atoms with van der Waals surface area (Å²) in [5.41, 5.74) is 3.19. The zero-order valence-electron chi connectivity index (χ0n) is 14.4. The molecule has 26 heavy (non-hydrogen) atoms. The summed E-state index contributed by atoms with van der Waals surface area (Å²) in [5.74, 6) is 0.301. The molecule has 0 bridgehead atoms. The lowest BCUT2D eigenvalue weighted by Crippen LogP contribution is -2.36. The SMILES string of the molecule is CC1CCN(C(=O)c2ccc(COCC(F)(F)F)cc2)c2ccccc21. The smallest absolute Gasteiger partial charge is 0.367 e. The van der Waals surface area contributed by atoms with E-state index in [1.807, 2.05) is 24.3 Å². The highest BCUT2D eigenvalue weighted by atomic mass is 19.4. The number of hydrogen-bond donors (Lipinski definition) is 0. The maximum Gasteiger partial charge on any atom is 0.411 e. The molecule has 1 aliphatic heterocycles. The minimum absolute atomic E-state index is 0.105. The van der Waals surface area contributed by atoms with Gasteiger partial charge in [-0.3, -0.25) is 4.79 Å². The molecule has 0 fully saturated rings. The lowest BCUT2D eigenvalue weighted by atomic mass is 9.91. The maximum atomic E-state index is 12.9. The maximum absolute atomic E-state index is 12.9. The third kappa shape index (κ3) is 4.25. The van der Waals surface area contributed by atoms with Gasteiger partial charge in [0.05, 0.1) is 6.61 Å². The number of ether oxygens (including phenoxy) is 1. The quantitative estimate of drug-likeness (QED) is 0.772. The summed E-state index contributed by atoms with van der Waals surface area (Å²) in [6.07, 6.45) is -3.44. The third-order valence-electron chi connectivity index (χ3n) is 4.52. The first-order chi connectivity index (χ1) is 12.3. The summed E-state index contributed by atoms with van der Waals surface area (Å²) in [7, 11) is 0. The predicted molar refractivity (Wildman–Crippen MR) is 93.3 cm³/mol. The van der Waals surface area contributed by atoms with Gasteiger partial charge in [0.1, 0.15) is 6.61 Å². The molecule has 0 saturated heterocycles. The Labute approximate surface area is 150 Å². The molecule has 2 aromatic carbocycles. The summed E-state index contributed by atoms with van der Waals surface area (Å²) in [6, 6.07) is 14.4.